The number of hydrogen-bond acceptors (Lipinski definition) is 2. The van der Waals surface area contributed by atoms with Crippen LogP contribution in [-0.2, 0) is 13.0 Å². The Kier molecular flexibility index (Phi) is 4.28. The topological polar surface area (TPSA) is 25.2 Å². The van der Waals surface area contributed by atoms with Gasteiger partial charge in [0.15, 0.2) is 0 Å². The van der Waals surface area contributed by atoms with E-state index in [1.54, 1.807) is 0 Å². The molecule has 0 amide bonds. The van der Waals surface area contributed by atoms with Gasteiger partial charge in [0.2, 0.25) is 0 Å². The third-order valence-electron chi connectivity index (χ3n) is 2.73. The van der Waals surface area contributed by atoms with E-state index < -0.39 is 0 Å². The molecule has 1 heterocycles. The summed E-state index contributed by atoms with van der Waals surface area (Å²) >= 11 is 7.08. The van der Waals surface area contributed by atoms with Crippen LogP contribution in [0.15, 0.2) is 25.5 Å². The molecule has 0 radical (unpaired) electrons. The maximum absolute atomic E-state index is 5.95. The van der Waals surface area contributed by atoms with E-state index in [1.807, 2.05) is 13.1 Å². The summed E-state index contributed by atoms with van der Waals surface area (Å²) in [4.78, 5) is 0. The zero-order valence-corrected chi connectivity index (χ0v) is 13.1. The monoisotopic (exact) mass is 359 g/mol. The predicted octanol–water partition coefficient (Wildman–Crippen LogP) is 4.63. The quantitative estimate of drug-likeness (QED) is 0.859. The number of furan rings is 1. The standard InChI is InChI=1S/C13H15Br2NO/c1-3-4-9-10-5-8(14)6-11(15)13(10)17-12(9)7-16-2/h5-6,16H,3-4,7H2,1-2H3. The van der Waals surface area contributed by atoms with E-state index in [0.29, 0.717) is 0 Å². The molecule has 0 saturated carbocycles. The SMILES string of the molecule is CCCc1c(CNC)oc2c(Br)cc(Br)cc12. The van der Waals surface area contributed by atoms with Crippen molar-refractivity contribution in [3.63, 3.8) is 0 Å². The van der Waals surface area contributed by atoms with Gasteiger partial charge in [-0.1, -0.05) is 29.3 Å². The summed E-state index contributed by atoms with van der Waals surface area (Å²) in [6.07, 6.45) is 2.17. The summed E-state index contributed by atoms with van der Waals surface area (Å²) in [6.45, 7) is 2.96. The van der Waals surface area contributed by atoms with E-state index in [1.165, 1.54) is 10.9 Å². The van der Waals surface area contributed by atoms with Gasteiger partial charge in [-0.05, 0) is 41.5 Å². The lowest BCUT2D eigenvalue weighted by Gasteiger charge is -2.00. The van der Waals surface area contributed by atoms with Crippen LogP contribution < -0.4 is 5.32 Å². The lowest BCUT2D eigenvalue weighted by molar-refractivity contribution is 0.522. The number of benzene rings is 1. The van der Waals surface area contributed by atoms with E-state index >= 15 is 0 Å². The summed E-state index contributed by atoms with van der Waals surface area (Å²) in [5.41, 5.74) is 2.26. The van der Waals surface area contributed by atoms with Gasteiger partial charge in [-0.2, -0.15) is 0 Å². The largest absolute Gasteiger partial charge is 0.458 e. The molecule has 0 spiro atoms. The fraction of sp³-hybridized carbons (Fsp3) is 0.385. The van der Waals surface area contributed by atoms with Crippen LogP contribution in [0, 0.1) is 0 Å². The Morgan fingerprint density at radius 1 is 1.29 bits per heavy atom. The third-order valence-corrected chi connectivity index (χ3v) is 3.78. The Morgan fingerprint density at radius 2 is 2.06 bits per heavy atom. The minimum Gasteiger partial charge on any atom is -0.458 e. The van der Waals surface area contributed by atoms with Crippen molar-refractivity contribution in [2.24, 2.45) is 0 Å². The summed E-state index contributed by atoms with van der Waals surface area (Å²) < 4.78 is 8.02. The van der Waals surface area contributed by atoms with Gasteiger partial charge in [-0.15, -0.1) is 0 Å². The van der Waals surface area contributed by atoms with Crippen LogP contribution in [0.5, 0.6) is 0 Å². The molecule has 0 unspecified atom stereocenters. The molecule has 92 valence electrons. The van der Waals surface area contributed by atoms with Gasteiger partial charge in [-0.25, -0.2) is 0 Å². The molecule has 2 aromatic rings. The minimum absolute atomic E-state index is 0.772. The molecule has 1 aromatic carbocycles. The van der Waals surface area contributed by atoms with Crippen LogP contribution in [0.1, 0.15) is 24.7 Å². The van der Waals surface area contributed by atoms with Gasteiger partial charge < -0.3 is 9.73 Å². The highest BCUT2D eigenvalue weighted by Crippen LogP contribution is 2.35. The van der Waals surface area contributed by atoms with Crippen LogP contribution in [0.3, 0.4) is 0 Å². The van der Waals surface area contributed by atoms with Gasteiger partial charge >= 0.3 is 0 Å². The summed E-state index contributed by atoms with van der Waals surface area (Å²) in [5.74, 6) is 1.04. The van der Waals surface area contributed by atoms with Crippen molar-refractivity contribution in [2.75, 3.05) is 7.05 Å². The number of fused-ring (bicyclic) bond motifs is 1. The Balaban J connectivity index is 2.66. The van der Waals surface area contributed by atoms with Gasteiger partial charge in [0.05, 0.1) is 11.0 Å². The number of rotatable bonds is 4. The second-order valence-corrected chi connectivity index (χ2v) is 5.82. The van der Waals surface area contributed by atoms with Gasteiger partial charge in [0.1, 0.15) is 11.3 Å². The van der Waals surface area contributed by atoms with Crippen molar-refractivity contribution in [1.29, 1.82) is 0 Å². The van der Waals surface area contributed by atoms with Crippen LogP contribution in [0.2, 0.25) is 0 Å². The smallest absolute Gasteiger partial charge is 0.148 e. The molecule has 4 heteroatoms. The number of halogens is 2. The first-order valence-electron chi connectivity index (χ1n) is 5.71. The Hall–Kier alpha value is -0.320. The normalized spacial score (nSPS) is 11.3. The Bertz CT molecular complexity index is 534. The maximum atomic E-state index is 5.95. The molecule has 2 nitrogen and oxygen atoms in total. The molecular formula is C13H15Br2NO. The van der Waals surface area contributed by atoms with Crippen molar-refractivity contribution < 1.29 is 4.42 Å². The highest BCUT2D eigenvalue weighted by atomic mass is 79.9. The van der Waals surface area contributed by atoms with Gasteiger partial charge in [0.25, 0.3) is 0 Å². The van der Waals surface area contributed by atoms with Crippen molar-refractivity contribution in [2.45, 2.75) is 26.3 Å². The molecular weight excluding hydrogens is 346 g/mol. The van der Waals surface area contributed by atoms with Crippen LogP contribution in [0.25, 0.3) is 11.0 Å². The molecule has 0 bridgehead atoms. The molecule has 17 heavy (non-hydrogen) atoms. The van der Waals surface area contributed by atoms with E-state index in [4.69, 9.17) is 4.42 Å². The summed E-state index contributed by atoms with van der Waals surface area (Å²) in [6, 6.07) is 4.15. The molecule has 0 atom stereocenters. The molecule has 0 saturated heterocycles. The maximum Gasteiger partial charge on any atom is 0.148 e. The first-order chi connectivity index (χ1) is 8.17. The predicted molar refractivity (Wildman–Crippen MR) is 78.4 cm³/mol. The zero-order valence-electron chi connectivity index (χ0n) is 9.94. The van der Waals surface area contributed by atoms with Crippen molar-refractivity contribution >= 4 is 42.8 Å². The highest BCUT2D eigenvalue weighted by molar-refractivity contribution is 9.11. The fourth-order valence-corrected chi connectivity index (χ4v) is 3.36. The molecule has 1 N–H and O–H groups in total. The first-order valence-corrected chi connectivity index (χ1v) is 7.29. The number of hydrogen-bond donors (Lipinski definition) is 1. The summed E-state index contributed by atoms with van der Waals surface area (Å²) in [5, 5.41) is 4.36. The third kappa shape index (κ3) is 2.59. The second-order valence-electron chi connectivity index (χ2n) is 4.05. The average molecular weight is 361 g/mol. The molecule has 0 aliphatic rings. The molecule has 0 fully saturated rings. The van der Waals surface area contributed by atoms with Crippen molar-refractivity contribution in [1.82, 2.24) is 5.32 Å². The Labute approximate surface area is 118 Å². The van der Waals surface area contributed by atoms with Crippen LogP contribution in [0.4, 0.5) is 0 Å². The molecule has 0 aliphatic heterocycles. The van der Waals surface area contributed by atoms with E-state index in [0.717, 1.165) is 39.7 Å². The lowest BCUT2D eigenvalue weighted by atomic mass is 10.1. The molecule has 2 rings (SSSR count). The van der Waals surface area contributed by atoms with Crippen molar-refractivity contribution in [3.8, 4) is 0 Å². The van der Waals surface area contributed by atoms with Crippen LogP contribution in [-0.4, -0.2) is 7.05 Å². The van der Waals surface area contributed by atoms with Crippen LogP contribution >= 0.6 is 31.9 Å². The van der Waals surface area contributed by atoms with Crippen molar-refractivity contribution in [3.05, 3.63) is 32.4 Å². The van der Waals surface area contributed by atoms with E-state index in [2.05, 4.69) is 50.2 Å². The highest BCUT2D eigenvalue weighted by Gasteiger charge is 2.15. The number of nitrogens with one attached hydrogen (secondary N) is 1. The van der Waals surface area contributed by atoms with Gasteiger partial charge in [0, 0.05) is 15.4 Å². The lowest BCUT2D eigenvalue weighted by Crippen LogP contribution is -2.05. The van der Waals surface area contributed by atoms with Gasteiger partial charge in [-0.3, -0.25) is 0 Å². The first kappa shape index (κ1) is 13.1. The zero-order chi connectivity index (χ0) is 12.4. The van der Waals surface area contributed by atoms with E-state index in [9.17, 15) is 0 Å². The number of aryl methyl sites for hydroxylation is 1. The average Bonchev–Trinajstić information content (AvgIpc) is 2.59. The fourth-order valence-electron chi connectivity index (χ4n) is 2.05. The second kappa shape index (κ2) is 5.55. The molecule has 0 aliphatic carbocycles. The molecule has 1 aromatic heterocycles. The van der Waals surface area contributed by atoms with E-state index in [-0.39, 0.29) is 0 Å². The Morgan fingerprint density at radius 3 is 2.71 bits per heavy atom. The minimum atomic E-state index is 0.772. The summed E-state index contributed by atoms with van der Waals surface area (Å²) in [7, 11) is 1.94.